The molecule has 4 rings (SSSR count). The first-order valence-electron chi connectivity index (χ1n) is 11.3. The third kappa shape index (κ3) is 6.52. The van der Waals surface area contributed by atoms with Crippen LogP contribution in [0.5, 0.6) is 5.75 Å². The van der Waals surface area contributed by atoms with E-state index in [0.717, 1.165) is 16.0 Å². The molecule has 5 amide bonds. The Hall–Kier alpha value is -3.18. The number of hydrogen-bond acceptors (Lipinski definition) is 5. The number of rotatable bonds is 6. The van der Waals surface area contributed by atoms with E-state index in [-0.39, 0.29) is 33.7 Å². The number of amides is 5. The second kappa shape index (κ2) is 11.9. The third-order valence-electron chi connectivity index (χ3n) is 5.61. The lowest BCUT2D eigenvalue weighted by Crippen LogP contribution is -2.54. The summed E-state index contributed by atoms with van der Waals surface area (Å²) >= 11 is 18.8. The SMILES string of the molecule is Cc1ccc(C)c(NC(=O)COc2c(Br)cc(Br)cc2/C=C2/C(=O)NC(=O)N(c3ccc(Cl)c(Cl)c3)C2=O)c1. The van der Waals surface area contributed by atoms with Crippen molar-refractivity contribution in [2.45, 2.75) is 13.8 Å². The Morgan fingerprint density at radius 3 is 2.49 bits per heavy atom. The molecule has 12 heteroatoms. The molecule has 0 spiro atoms. The molecular weight excluding hydrogens is 677 g/mol. The number of anilines is 2. The molecule has 39 heavy (non-hydrogen) atoms. The van der Waals surface area contributed by atoms with Gasteiger partial charge < -0.3 is 10.1 Å². The third-order valence-corrected chi connectivity index (χ3v) is 7.40. The summed E-state index contributed by atoms with van der Waals surface area (Å²) in [4.78, 5) is 52.0. The number of urea groups is 1. The fraction of sp³-hybridized carbons (Fsp3) is 0.111. The van der Waals surface area contributed by atoms with Gasteiger partial charge in [-0.05, 0) is 83.4 Å². The van der Waals surface area contributed by atoms with Gasteiger partial charge in [0, 0.05) is 15.7 Å². The van der Waals surface area contributed by atoms with E-state index in [9.17, 15) is 19.2 Å². The molecule has 0 aromatic heterocycles. The van der Waals surface area contributed by atoms with Gasteiger partial charge in [-0.1, -0.05) is 51.3 Å². The predicted octanol–water partition coefficient (Wildman–Crippen LogP) is 6.82. The Morgan fingerprint density at radius 2 is 1.77 bits per heavy atom. The largest absolute Gasteiger partial charge is 0.482 e. The van der Waals surface area contributed by atoms with Crippen LogP contribution in [0.15, 0.2) is 63.0 Å². The fourth-order valence-electron chi connectivity index (χ4n) is 3.71. The maximum Gasteiger partial charge on any atom is 0.335 e. The average Bonchev–Trinajstić information content (AvgIpc) is 2.85. The molecule has 200 valence electrons. The molecule has 1 saturated heterocycles. The molecule has 1 fully saturated rings. The predicted molar refractivity (Wildman–Crippen MR) is 157 cm³/mol. The summed E-state index contributed by atoms with van der Waals surface area (Å²) in [6, 6.07) is 12.3. The zero-order chi connectivity index (χ0) is 28.4. The summed E-state index contributed by atoms with van der Waals surface area (Å²) in [6.07, 6.45) is 1.28. The Balaban J connectivity index is 1.64. The summed E-state index contributed by atoms with van der Waals surface area (Å²) in [5.74, 6) is -1.96. The minimum Gasteiger partial charge on any atom is -0.482 e. The van der Waals surface area contributed by atoms with Gasteiger partial charge in [0.1, 0.15) is 11.3 Å². The number of aryl methyl sites for hydroxylation is 2. The molecule has 3 aromatic carbocycles. The average molecular weight is 696 g/mol. The van der Waals surface area contributed by atoms with Crippen molar-refractivity contribution in [3.8, 4) is 5.75 Å². The number of nitrogens with zero attached hydrogens (tertiary/aromatic N) is 1. The molecule has 0 bridgehead atoms. The van der Waals surface area contributed by atoms with Crippen LogP contribution in [0.25, 0.3) is 6.08 Å². The zero-order valence-corrected chi connectivity index (χ0v) is 25.1. The van der Waals surface area contributed by atoms with Crippen LogP contribution in [-0.4, -0.2) is 30.4 Å². The van der Waals surface area contributed by atoms with Gasteiger partial charge >= 0.3 is 6.03 Å². The van der Waals surface area contributed by atoms with Crippen LogP contribution in [0.1, 0.15) is 16.7 Å². The highest BCUT2D eigenvalue weighted by molar-refractivity contribution is 9.11. The van der Waals surface area contributed by atoms with E-state index in [1.165, 1.54) is 24.3 Å². The summed E-state index contributed by atoms with van der Waals surface area (Å²) in [5, 5.41) is 5.33. The highest BCUT2D eigenvalue weighted by Crippen LogP contribution is 2.36. The molecule has 3 aromatic rings. The molecule has 8 nitrogen and oxygen atoms in total. The molecule has 0 unspecified atom stereocenters. The van der Waals surface area contributed by atoms with Crippen molar-refractivity contribution in [1.29, 1.82) is 0 Å². The normalized spacial score (nSPS) is 14.5. The first-order valence-corrected chi connectivity index (χ1v) is 13.6. The lowest BCUT2D eigenvalue weighted by Gasteiger charge is -2.26. The number of ether oxygens (including phenoxy) is 1. The van der Waals surface area contributed by atoms with Crippen molar-refractivity contribution in [3.63, 3.8) is 0 Å². The molecule has 0 atom stereocenters. The Bertz CT molecular complexity index is 1580. The molecule has 1 heterocycles. The minimum atomic E-state index is -0.935. The number of hydrogen-bond donors (Lipinski definition) is 2. The van der Waals surface area contributed by atoms with Crippen molar-refractivity contribution < 1.29 is 23.9 Å². The van der Waals surface area contributed by atoms with Crippen LogP contribution in [-0.2, 0) is 14.4 Å². The maximum atomic E-state index is 13.3. The van der Waals surface area contributed by atoms with Crippen LogP contribution in [0.3, 0.4) is 0 Å². The van der Waals surface area contributed by atoms with Gasteiger partial charge in [-0.3, -0.25) is 19.7 Å². The van der Waals surface area contributed by atoms with Gasteiger partial charge in [-0.15, -0.1) is 0 Å². The maximum absolute atomic E-state index is 13.3. The smallest absolute Gasteiger partial charge is 0.335 e. The highest BCUT2D eigenvalue weighted by atomic mass is 79.9. The van der Waals surface area contributed by atoms with Crippen LogP contribution < -0.4 is 20.3 Å². The standard InChI is InChI=1S/C27H19Br2Cl2N3O5/c1-13-3-4-14(2)22(7-13)32-23(35)12-39-24-15(8-16(28)10-19(24)29)9-18-25(36)33-27(38)34(26(18)37)17-5-6-20(30)21(31)11-17/h3-11H,12H2,1-2H3,(H,32,35)(H,33,36,38)/b18-9-. The van der Waals surface area contributed by atoms with Crippen molar-refractivity contribution in [2.75, 3.05) is 16.8 Å². The number of imide groups is 2. The van der Waals surface area contributed by atoms with Crippen molar-refractivity contribution >= 4 is 96.3 Å². The summed E-state index contributed by atoms with van der Waals surface area (Å²) < 4.78 is 6.89. The molecule has 0 aliphatic carbocycles. The number of carbonyl (C=O) groups is 4. The Kier molecular flexibility index (Phi) is 8.80. The summed E-state index contributed by atoms with van der Waals surface area (Å²) in [6.45, 7) is 3.45. The second-order valence-electron chi connectivity index (χ2n) is 8.52. The number of benzene rings is 3. The molecule has 1 aliphatic heterocycles. The van der Waals surface area contributed by atoms with Gasteiger partial charge in [-0.2, -0.15) is 0 Å². The van der Waals surface area contributed by atoms with E-state index < -0.39 is 23.8 Å². The quantitative estimate of drug-likeness (QED) is 0.218. The Morgan fingerprint density at radius 1 is 1.03 bits per heavy atom. The molecule has 0 saturated carbocycles. The van der Waals surface area contributed by atoms with Crippen LogP contribution in [0, 0.1) is 13.8 Å². The van der Waals surface area contributed by atoms with E-state index in [4.69, 9.17) is 27.9 Å². The first kappa shape index (κ1) is 28.8. The summed E-state index contributed by atoms with van der Waals surface area (Å²) in [7, 11) is 0. The number of barbiturate groups is 1. The van der Waals surface area contributed by atoms with Gasteiger partial charge in [0.2, 0.25) is 0 Å². The topological polar surface area (TPSA) is 105 Å². The van der Waals surface area contributed by atoms with E-state index in [1.807, 2.05) is 32.0 Å². The first-order chi connectivity index (χ1) is 18.4. The van der Waals surface area contributed by atoms with E-state index in [2.05, 4.69) is 42.5 Å². The van der Waals surface area contributed by atoms with E-state index >= 15 is 0 Å². The van der Waals surface area contributed by atoms with Gasteiger partial charge in [-0.25, -0.2) is 9.69 Å². The van der Waals surface area contributed by atoms with Gasteiger partial charge in [0.05, 0.1) is 20.2 Å². The van der Waals surface area contributed by atoms with Gasteiger partial charge in [0.25, 0.3) is 17.7 Å². The lowest BCUT2D eigenvalue weighted by molar-refractivity contribution is -0.122. The number of carbonyl (C=O) groups excluding carboxylic acids is 4. The van der Waals surface area contributed by atoms with E-state index in [1.54, 1.807) is 12.1 Å². The van der Waals surface area contributed by atoms with E-state index in [0.29, 0.717) is 20.2 Å². The number of halogens is 4. The zero-order valence-electron chi connectivity index (χ0n) is 20.4. The lowest BCUT2D eigenvalue weighted by atomic mass is 10.1. The Labute approximate surface area is 250 Å². The minimum absolute atomic E-state index is 0.125. The highest BCUT2D eigenvalue weighted by Gasteiger charge is 2.37. The molecule has 1 aliphatic rings. The van der Waals surface area contributed by atoms with Crippen LogP contribution >= 0.6 is 55.1 Å². The van der Waals surface area contributed by atoms with Gasteiger partial charge in [0.15, 0.2) is 6.61 Å². The fourth-order valence-corrected chi connectivity index (χ4v) is 5.37. The monoisotopic (exact) mass is 693 g/mol. The van der Waals surface area contributed by atoms with Crippen LogP contribution in [0.2, 0.25) is 10.0 Å². The number of nitrogens with one attached hydrogen (secondary N) is 2. The van der Waals surface area contributed by atoms with Crippen molar-refractivity contribution in [1.82, 2.24) is 5.32 Å². The molecular formula is C27H19Br2Cl2N3O5. The second-order valence-corrected chi connectivity index (χ2v) is 11.1. The molecule has 2 N–H and O–H groups in total. The van der Waals surface area contributed by atoms with Crippen LogP contribution in [0.4, 0.5) is 16.2 Å². The van der Waals surface area contributed by atoms with Crippen molar-refractivity contribution in [3.05, 3.63) is 89.8 Å². The molecule has 0 radical (unpaired) electrons. The van der Waals surface area contributed by atoms with Crippen molar-refractivity contribution in [2.24, 2.45) is 0 Å². The summed E-state index contributed by atoms with van der Waals surface area (Å²) in [5.41, 5.74) is 2.64.